The molecule has 8 nitrogen and oxygen atoms in total. The van der Waals surface area contributed by atoms with Gasteiger partial charge in [0.25, 0.3) is 0 Å². The van der Waals surface area contributed by atoms with E-state index in [1.807, 2.05) is 0 Å². The molecule has 1 aliphatic heterocycles. The fraction of sp³-hybridized carbons (Fsp3) is 0.556. The highest BCUT2D eigenvalue weighted by atomic mass is 31.2. The summed E-state index contributed by atoms with van der Waals surface area (Å²) in [5.41, 5.74) is 0. The molecule has 0 aliphatic carbocycles. The van der Waals surface area contributed by atoms with Gasteiger partial charge in [-0.25, -0.2) is 0 Å². The molecule has 0 saturated carbocycles. The second-order valence-electron chi connectivity index (χ2n) is 6.25. The van der Waals surface area contributed by atoms with Gasteiger partial charge < -0.3 is 34.4 Å². The molecular formula is C18H25O8P. The highest BCUT2D eigenvalue weighted by Crippen LogP contribution is 2.41. The van der Waals surface area contributed by atoms with Gasteiger partial charge >= 0.3 is 0 Å². The van der Waals surface area contributed by atoms with Crippen LogP contribution in [0.5, 0.6) is 11.5 Å². The molecular weight excluding hydrogens is 375 g/mol. The van der Waals surface area contributed by atoms with Crippen LogP contribution in [0.25, 0.3) is 0 Å². The average Bonchev–Trinajstić information content (AvgIpc) is 2.66. The first-order valence-corrected chi connectivity index (χ1v) is 10.5. The van der Waals surface area contributed by atoms with Crippen LogP contribution in [0.15, 0.2) is 24.3 Å². The molecule has 2 unspecified atom stereocenters. The molecule has 0 aromatic heterocycles. The predicted octanol–water partition coefficient (Wildman–Crippen LogP) is 0.565. The van der Waals surface area contributed by atoms with Crippen molar-refractivity contribution < 1.29 is 39.0 Å². The highest BCUT2D eigenvalue weighted by molar-refractivity contribution is 7.58. The van der Waals surface area contributed by atoms with Crippen LogP contribution in [0, 0.1) is 11.8 Å². The third-order valence-corrected chi connectivity index (χ3v) is 5.86. The Morgan fingerprint density at radius 1 is 1.11 bits per heavy atom. The molecule has 1 aromatic carbocycles. The quantitative estimate of drug-likeness (QED) is 0.387. The largest absolute Gasteiger partial charge is 0.497 e. The summed E-state index contributed by atoms with van der Waals surface area (Å²) in [6.45, 7) is 1.58. The van der Waals surface area contributed by atoms with Gasteiger partial charge in [-0.3, -0.25) is 4.57 Å². The Hall–Kier alpha value is -1.59. The molecule has 0 radical (unpaired) electrons. The first-order valence-electron chi connectivity index (χ1n) is 8.48. The van der Waals surface area contributed by atoms with Crippen molar-refractivity contribution in [1.29, 1.82) is 0 Å². The molecule has 1 aliphatic rings. The van der Waals surface area contributed by atoms with Crippen LogP contribution in [0.4, 0.5) is 0 Å². The minimum absolute atomic E-state index is 0.00654. The fourth-order valence-electron chi connectivity index (χ4n) is 2.65. The van der Waals surface area contributed by atoms with Gasteiger partial charge in [0, 0.05) is 6.16 Å². The minimum Gasteiger partial charge on any atom is -0.497 e. The Balaban J connectivity index is 2.03. The number of aliphatic hydroxyl groups excluding tert-OH is 3. The topological polar surface area (TPSA) is 126 Å². The summed E-state index contributed by atoms with van der Waals surface area (Å²) in [7, 11) is -1.97. The SMILES string of the molecule is CC#CCP(=O)(O)CC[C@H]1OC(Oc2ccc(OC)cc2)[C@@H](O)[C@@H](O)[C@@H]1O. The second kappa shape index (κ2) is 9.56. The molecule has 1 aromatic rings. The molecule has 4 N–H and O–H groups in total. The lowest BCUT2D eigenvalue weighted by molar-refractivity contribution is -0.272. The van der Waals surface area contributed by atoms with Crippen LogP contribution >= 0.6 is 7.37 Å². The predicted molar refractivity (Wildman–Crippen MR) is 97.9 cm³/mol. The highest BCUT2D eigenvalue weighted by Gasteiger charge is 2.45. The molecule has 9 heteroatoms. The van der Waals surface area contributed by atoms with Gasteiger partial charge in [0.1, 0.15) is 29.8 Å². The van der Waals surface area contributed by atoms with Crippen LogP contribution in [0.1, 0.15) is 13.3 Å². The Morgan fingerprint density at radius 3 is 2.33 bits per heavy atom. The van der Waals surface area contributed by atoms with Gasteiger partial charge in [0.2, 0.25) is 13.7 Å². The van der Waals surface area contributed by atoms with Crippen molar-refractivity contribution in [2.45, 2.75) is 44.1 Å². The summed E-state index contributed by atoms with van der Waals surface area (Å²) in [4.78, 5) is 9.89. The Kier molecular flexibility index (Phi) is 7.68. The van der Waals surface area contributed by atoms with Gasteiger partial charge in [0.15, 0.2) is 0 Å². The van der Waals surface area contributed by atoms with Crippen LogP contribution in [0.2, 0.25) is 0 Å². The number of benzene rings is 1. The first kappa shape index (κ1) is 21.7. The average molecular weight is 400 g/mol. The summed E-state index contributed by atoms with van der Waals surface area (Å²) < 4.78 is 28.2. The molecule has 6 atom stereocenters. The molecule has 150 valence electrons. The van der Waals surface area contributed by atoms with Crippen LogP contribution in [-0.4, -0.2) is 70.4 Å². The molecule has 1 saturated heterocycles. The number of rotatable bonds is 7. The third kappa shape index (κ3) is 5.94. The van der Waals surface area contributed by atoms with Gasteiger partial charge in [-0.05, 0) is 37.6 Å². The van der Waals surface area contributed by atoms with Gasteiger partial charge in [-0.15, -0.1) is 5.92 Å². The number of hydrogen-bond donors (Lipinski definition) is 4. The van der Waals surface area contributed by atoms with Crippen molar-refractivity contribution in [2.24, 2.45) is 0 Å². The molecule has 1 fully saturated rings. The maximum absolute atomic E-state index is 12.1. The number of methoxy groups -OCH3 is 1. The lowest BCUT2D eigenvalue weighted by atomic mass is 9.97. The van der Waals surface area contributed by atoms with E-state index in [9.17, 15) is 24.8 Å². The minimum atomic E-state index is -3.50. The van der Waals surface area contributed by atoms with E-state index in [1.165, 1.54) is 7.11 Å². The molecule has 0 bridgehead atoms. The van der Waals surface area contributed by atoms with E-state index in [2.05, 4.69) is 11.8 Å². The normalized spacial score (nSPS) is 29.9. The first-order chi connectivity index (χ1) is 12.8. The molecule has 27 heavy (non-hydrogen) atoms. The Bertz CT molecular complexity index is 710. The van der Waals surface area contributed by atoms with Crippen molar-refractivity contribution >= 4 is 7.37 Å². The zero-order valence-electron chi connectivity index (χ0n) is 15.2. The van der Waals surface area contributed by atoms with Crippen molar-refractivity contribution in [3.8, 4) is 23.3 Å². The number of aliphatic hydroxyl groups is 3. The summed E-state index contributed by atoms with van der Waals surface area (Å²) >= 11 is 0. The zero-order chi connectivity index (χ0) is 20.0. The van der Waals surface area contributed by atoms with Crippen molar-refractivity contribution in [3.63, 3.8) is 0 Å². The van der Waals surface area contributed by atoms with Crippen LogP contribution in [-0.2, 0) is 9.30 Å². The number of hydrogen-bond acceptors (Lipinski definition) is 7. The van der Waals surface area contributed by atoms with E-state index in [4.69, 9.17) is 14.2 Å². The van der Waals surface area contributed by atoms with E-state index >= 15 is 0 Å². The molecule has 0 spiro atoms. The molecule has 2 rings (SSSR count). The van der Waals surface area contributed by atoms with E-state index in [0.29, 0.717) is 11.5 Å². The standard InChI is InChI=1S/C18H25O8P/c1-3-4-10-27(22,23)11-9-14-15(19)16(20)17(21)18(26-14)25-13-7-5-12(24-2)6-8-13/h5-8,14-21H,9-11H2,1-2H3,(H,22,23)/t14-,15-,16+,17+,18?/m1/s1. The van der Waals surface area contributed by atoms with Crippen LogP contribution in [0.3, 0.4) is 0 Å². The van der Waals surface area contributed by atoms with E-state index in [-0.39, 0.29) is 18.7 Å². The second-order valence-corrected chi connectivity index (χ2v) is 8.71. The lowest BCUT2D eigenvalue weighted by Crippen LogP contribution is -2.59. The Morgan fingerprint density at radius 2 is 1.74 bits per heavy atom. The monoisotopic (exact) mass is 400 g/mol. The van der Waals surface area contributed by atoms with Gasteiger partial charge in [-0.1, -0.05) is 5.92 Å². The molecule has 1 heterocycles. The van der Waals surface area contributed by atoms with E-state index in [1.54, 1.807) is 31.2 Å². The number of ether oxygens (including phenoxy) is 3. The smallest absolute Gasteiger partial charge is 0.229 e. The lowest BCUT2D eigenvalue weighted by Gasteiger charge is -2.40. The molecule has 0 amide bonds. The summed E-state index contributed by atoms with van der Waals surface area (Å²) in [6, 6.07) is 6.52. The van der Waals surface area contributed by atoms with E-state index in [0.717, 1.165) is 0 Å². The van der Waals surface area contributed by atoms with Gasteiger partial charge in [0.05, 0.1) is 19.4 Å². The third-order valence-electron chi connectivity index (χ3n) is 4.25. The van der Waals surface area contributed by atoms with Crippen molar-refractivity contribution in [2.75, 3.05) is 19.4 Å². The summed E-state index contributed by atoms with van der Waals surface area (Å²) in [5, 5.41) is 30.3. The zero-order valence-corrected chi connectivity index (χ0v) is 16.1. The fourth-order valence-corrected chi connectivity index (χ4v) is 3.87. The van der Waals surface area contributed by atoms with Crippen LogP contribution < -0.4 is 9.47 Å². The van der Waals surface area contributed by atoms with E-state index < -0.39 is 38.1 Å². The maximum Gasteiger partial charge on any atom is 0.229 e. The van der Waals surface area contributed by atoms with Crippen molar-refractivity contribution in [1.82, 2.24) is 0 Å². The van der Waals surface area contributed by atoms with Gasteiger partial charge in [-0.2, -0.15) is 0 Å². The summed E-state index contributed by atoms with van der Waals surface area (Å²) in [6.07, 6.45) is -6.90. The van der Waals surface area contributed by atoms with Crippen molar-refractivity contribution in [3.05, 3.63) is 24.3 Å². The summed E-state index contributed by atoms with van der Waals surface area (Å²) in [5.74, 6) is 6.11. The Labute approximate surface area is 158 Å². The maximum atomic E-state index is 12.1.